The van der Waals surface area contributed by atoms with E-state index in [1.165, 1.54) is 0 Å². The fraction of sp³-hybridized carbons (Fsp3) is 0.583. The van der Waals surface area contributed by atoms with Gasteiger partial charge in [-0.05, 0) is 12.8 Å². The van der Waals surface area contributed by atoms with Gasteiger partial charge in [0, 0.05) is 13.7 Å². The number of carboxylic acids is 1. The molecule has 0 aliphatic heterocycles. The highest BCUT2D eigenvalue weighted by Crippen LogP contribution is 2.07. The van der Waals surface area contributed by atoms with Gasteiger partial charge in [0.05, 0.1) is 12.2 Å². The summed E-state index contributed by atoms with van der Waals surface area (Å²) in [5.41, 5.74) is -0.357. The van der Waals surface area contributed by atoms with Gasteiger partial charge >= 0.3 is 5.97 Å². The lowest BCUT2D eigenvalue weighted by molar-refractivity contribution is 0.0689. The first-order valence-electron chi connectivity index (χ1n) is 6.19. The molecule has 0 spiro atoms. The SMILES string of the molecule is CCCCc1c(C(=O)O)nc(NCCOC)[nH]c1=O. The van der Waals surface area contributed by atoms with Crippen LogP contribution in [0, 0.1) is 0 Å². The quantitative estimate of drug-likeness (QED) is 0.605. The van der Waals surface area contributed by atoms with Crippen molar-refractivity contribution in [1.29, 1.82) is 0 Å². The van der Waals surface area contributed by atoms with Crippen LogP contribution in [0.2, 0.25) is 0 Å². The number of rotatable bonds is 8. The van der Waals surface area contributed by atoms with Gasteiger partial charge in [-0.1, -0.05) is 13.3 Å². The number of anilines is 1. The third-order valence-electron chi connectivity index (χ3n) is 2.60. The van der Waals surface area contributed by atoms with Crippen molar-refractivity contribution in [3.8, 4) is 0 Å². The molecule has 0 amide bonds. The lowest BCUT2D eigenvalue weighted by Crippen LogP contribution is -2.23. The lowest BCUT2D eigenvalue weighted by Gasteiger charge is -2.08. The number of hydrogen-bond acceptors (Lipinski definition) is 5. The molecule has 0 saturated carbocycles. The number of aromatic carboxylic acids is 1. The zero-order chi connectivity index (χ0) is 14.3. The average molecular weight is 269 g/mol. The molecule has 1 aromatic rings. The van der Waals surface area contributed by atoms with E-state index in [0.717, 1.165) is 12.8 Å². The Morgan fingerprint density at radius 3 is 2.84 bits per heavy atom. The Labute approximate surface area is 111 Å². The molecule has 1 aromatic heterocycles. The Morgan fingerprint density at radius 1 is 1.53 bits per heavy atom. The fourth-order valence-electron chi connectivity index (χ4n) is 1.62. The maximum atomic E-state index is 11.9. The van der Waals surface area contributed by atoms with Crippen molar-refractivity contribution in [2.75, 3.05) is 25.6 Å². The number of nitrogens with zero attached hydrogens (tertiary/aromatic N) is 1. The van der Waals surface area contributed by atoms with E-state index < -0.39 is 11.5 Å². The highest BCUT2D eigenvalue weighted by atomic mass is 16.5. The lowest BCUT2D eigenvalue weighted by atomic mass is 10.1. The van der Waals surface area contributed by atoms with Gasteiger partial charge in [0.15, 0.2) is 5.69 Å². The van der Waals surface area contributed by atoms with E-state index in [1.807, 2.05) is 6.92 Å². The van der Waals surface area contributed by atoms with E-state index in [1.54, 1.807) is 7.11 Å². The monoisotopic (exact) mass is 269 g/mol. The zero-order valence-electron chi connectivity index (χ0n) is 11.2. The van der Waals surface area contributed by atoms with Crippen LogP contribution in [0.4, 0.5) is 5.95 Å². The molecule has 106 valence electrons. The van der Waals surface area contributed by atoms with Crippen molar-refractivity contribution in [3.05, 3.63) is 21.6 Å². The molecule has 7 nitrogen and oxygen atoms in total. The predicted octanol–water partition coefficient (Wildman–Crippen LogP) is 0.869. The topological polar surface area (TPSA) is 104 Å². The van der Waals surface area contributed by atoms with Crippen LogP contribution in [0.15, 0.2) is 4.79 Å². The molecule has 3 N–H and O–H groups in total. The summed E-state index contributed by atoms with van der Waals surface area (Å²) in [6, 6.07) is 0. The van der Waals surface area contributed by atoms with Crippen molar-refractivity contribution < 1.29 is 14.6 Å². The molecule has 1 rings (SSSR count). The summed E-state index contributed by atoms with van der Waals surface area (Å²) in [7, 11) is 1.55. The number of carboxylic acid groups (broad SMARTS) is 1. The number of aromatic nitrogens is 2. The minimum absolute atomic E-state index is 0.152. The van der Waals surface area contributed by atoms with E-state index in [-0.39, 0.29) is 17.2 Å². The second kappa shape index (κ2) is 7.52. The van der Waals surface area contributed by atoms with Crippen LogP contribution in [-0.4, -0.2) is 41.3 Å². The van der Waals surface area contributed by atoms with Crippen molar-refractivity contribution in [3.63, 3.8) is 0 Å². The molecule has 0 aliphatic carbocycles. The molecule has 0 radical (unpaired) electrons. The number of ether oxygens (including phenoxy) is 1. The Balaban J connectivity index is 3.00. The second-order valence-electron chi connectivity index (χ2n) is 4.07. The number of H-pyrrole nitrogens is 1. The third-order valence-corrected chi connectivity index (χ3v) is 2.60. The number of carbonyl (C=O) groups is 1. The minimum Gasteiger partial charge on any atom is -0.476 e. The van der Waals surface area contributed by atoms with Gasteiger partial charge < -0.3 is 15.2 Å². The van der Waals surface area contributed by atoms with Gasteiger partial charge in [-0.25, -0.2) is 9.78 Å². The minimum atomic E-state index is -1.19. The average Bonchev–Trinajstić information content (AvgIpc) is 2.37. The van der Waals surface area contributed by atoms with Gasteiger partial charge in [-0.3, -0.25) is 9.78 Å². The molecule has 0 unspecified atom stereocenters. The summed E-state index contributed by atoms with van der Waals surface area (Å²) >= 11 is 0. The summed E-state index contributed by atoms with van der Waals surface area (Å²) in [6.07, 6.45) is 2.05. The predicted molar refractivity (Wildman–Crippen MR) is 70.8 cm³/mol. The molecule has 0 saturated heterocycles. The van der Waals surface area contributed by atoms with Gasteiger partial charge in [0.25, 0.3) is 5.56 Å². The fourth-order valence-corrected chi connectivity index (χ4v) is 1.62. The maximum Gasteiger partial charge on any atom is 0.355 e. The van der Waals surface area contributed by atoms with Crippen molar-refractivity contribution >= 4 is 11.9 Å². The van der Waals surface area contributed by atoms with Crippen LogP contribution in [0.3, 0.4) is 0 Å². The normalized spacial score (nSPS) is 10.4. The molecular weight excluding hydrogens is 250 g/mol. The number of nitrogens with one attached hydrogen (secondary N) is 2. The van der Waals surface area contributed by atoms with Crippen molar-refractivity contribution in [2.45, 2.75) is 26.2 Å². The summed E-state index contributed by atoms with van der Waals surface area (Å²) in [5.74, 6) is -1.04. The first-order valence-corrected chi connectivity index (χ1v) is 6.19. The molecule has 7 heteroatoms. The van der Waals surface area contributed by atoms with E-state index in [2.05, 4.69) is 15.3 Å². The molecule has 0 aromatic carbocycles. The van der Waals surface area contributed by atoms with Crippen LogP contribution < -0.4 is 10.9 Å². The van der Waals surface area contributed by atoms with Gasteiger partial charge in [0.2, 0.25) is 5.95 Å². The third kappa shape index (κ3) is 4.36. The standard InChI is InChI=1S/C12H19N3O4/c1-3-4-5-8-9(11(17)18)14-12(15-10(8)16)13-6-7-19-2/h3-7H2,1-2H3,(H,17,18)(H2,13,14,15,16). The number of aromatic amines is 1. The summed E-state index contributed by atoms with van der Waals surface area (Å²) in [5, 5.41) is 11.9. The van der Waals surface area contributed by atoms with Crippen LogP contribution in [0.5, 0.6) is 0 Å². The Hall–Kier alpha value is -1.89. The molecule has 0 atom stereocenters. The molecule has 0 aliphatic rings. The zero-order valence-corrected chi connectivity index (χ0v) is 11.2. The van der Waals surface area contributed by atoms with Crippen LogP contribution in [0.25, 0.3) is 0 Å². The van der Waals surface area contributed by atoms with Crippen LogP contribution >= 0.6 is 0 Å². The largest absolute Gasteiger partial charge is 0.476 e. The molecule has 0 fully saturated rings. The van der Waals surface area contributed by atoms with Crippen LogP contribution in [-0.2, 0) is 11.2 Å². The number of unbranched alkanes of at least 4 members (excludes halogenated alkanes) is 1. The smallest absolute Gasteiger partial charge is 0.355 e. The van der Waals surface area contributed by atoms with E-state index in [9.17, 15) is 9.59 Å². The van der Waals surface area contributed by atoms with Gasteiger partial charge in [0.1, 0.15) is 0 Å². The van der Waals surface area contributed by atoms with Gasteiger partial charge in [-0.15, -0.1) is 0 Å². The van der Waals surface area contributed by atoms with Crippen molar-refractivity contribution in [2.24, 2.45) is 0 Å². The number of methoxy groups -OCH3 is 1. The van der Waals surface area contributed by atoms with E-state index in [0.29, 0.717) is 19.6 Å². The molecule has 0 bridgehead atoms. The Morgan fingerprint density at radius 2 is 2.26 bits per heavy atom. The summed E-state index contributed by atoms with van der Waals surface area (Å²) in [6.45, 7) is 2.85. The summed E-state index contributed by atoms with van der Waals surface area (Å²) < 4.78 is 4.85. The van der Waals surface area contributed by atoms with Crippen molar-refractivity contribution in [1.82, 2.24) is 9.97 Å². The van der Waals surface area contributed by atoms with Gasteiger partial charge in [-0.2, -0.15) is 0 Å². The van der Waals surface area contributed by atoms with E-state index >= 15 is 0 Å². The second-order valence-corrected chi connectivity index (χ2v) is 4.07. The molecule has 19 heavy (non-hydrogen) atoms. The Bertz CT molecular complexity index is 484. The summed E-state index contributed by atoms with van der Waals surface area (Å²) in [4.78, 5) is 29.5. The Kier molecular flexibility index (Phi) is 6.01. The number of hydrogen-bond donors (Lipinski definition) is 3. The molecule has 1 heterocycles. The highest BCUT2D eigenvalue weighted by Gasteiger charge is 2.16. The van der Waals surface area contributed by atoms with E-state index in [4.69, 9.17) is 9.84 Å². The molecular formula is C12H19N3O4. The van der Waals surface area contributed by atoms with Crippen LogP contribution in [0.1, 0.15) is 35.8 Å². The maximum absolute atomic E-state index is 11.9. The first-order chi connectivity index (χ1) is 9.10. The first kappa shape index (κ1) is 15.2. The highest BCUT2D eigenvalue weighted by molar-refractivity contribution is 5.87.